The molecule has 27 nitrogen and oxygen atoms in total. The number of carbonyl (C=O) groups excluding carboxylic acids is 5. The number of nitrogens with zero attached hydrogens (tertiary/aromatic N) is 6. The maximum absolute atomic E-state index is 12.6. The quantitative estimate of drug-likeness (QED) is 0.00858. The molecule has 2 unspecified atom stereocenters. The number of carbonyl (C=O) groups is 5. The van der Waals surface area contributed by atoms with E-state index in [1.165, 1.54) is 89.9 Å². The molecule has 131 heavy (non-hydrogen) atoms. The topological polar surface area (TPSA) is 293 Å². The molecule has 4 saturated carbocycles. The van der Waals surface area contributed by atoms with Gasteiger partial charge in [0.1, 0.15) is 50.6 Å². The highest BCUT2D eigenvalue weighted by Crippen LogP contribution is 2.64. The molecule has 3 aliphatic heterocycles. The molecule has 3 saturated heterocycles. The van der Waals surface area contributed by atoms with E-state index in [9.17, 15) is 36.9 Å². The average Bonchev–Trinajstić information content (AvgIpc) is 1.55. The largest absolute Gasteiger partial charge is 0.748 e. The van der Waals surface area contributed by atoms with E-state index in [1.807, 2.05) is 89.2 Å². The van der Waals surface area contributed by atoms with Crippen LogP contribution in [0.2, 0.25) is 0 Å². The first-order valence-corrected chi connectivity index (χ1v) is 50.7. The number of methoxy groups -OCH3 is 3. The van der Waals surface area contributed by atoms with Gasteiger partial charge in [-0.05, 0) is 145 Å². The van der Waals surface area contributed by atoms with Gasteiger partial charge in [0.2, 0.25) is 0 Å². The normalized spacial score (nSPS) is 18.4. The number of imidazole rings is 1. The third-order valence-electron chi connectivity index (χ3n) is 24.9. The van der Waals surface area contributed by atoms with Crippen molar-refractivity contribution in [2.24, 2.45) is 22.7 Å². The fourth-order valence-electron chi connectivity index (χ4n) is 17.2. The first-order chi connectivity index (χ1) is 63.4. The molecule has 0 amide bonds. The minimum Gasteiger partial charge on any atom is -0.748 e. The van der Waals surface area contributed by atoms with Crippen LogP contribution in [0.1, 0.15) is 196 Å². The van der Waals surface area contributed by atoms with Gasteiger partial charge in [-0.2, -0.15) is 0 Å². The van der Waals surface area contributed by atoms with Gasteiger partial charge in [0.15, 0.2) is 20.5 Å². The van der Waals surface area contributed by atoms with Crippen molar-refractivity contribution in [1.82, 2.24) is 29.2 Å². The zero-order valence-corrected chi connectivity index (χ0v) is 82.1. The van der Waals surface area contributed by atoms with Crippen molar-refractivity contribution < 1.29 is 98.5 Å². The van der Waals surface area contributed by atoms with Crippen LogP contribution in [0.25, 0.3) is 22.4 Å². The molecule has 2 atom stereocenters. The first kappa shape index (κ1) is 111. The Balaban J connectivity index is 0.000000210. The number of ketones is 1. The van der Waals surface area contributed by atoms with Gasteiger partial charge in [-0.3, -0.25) is 38.8 Å². The summed E-state index contributed by atoms with van der Waals surface area (Å²) in [6, 6.07) is 49.4. The summed E-state index contributed by atoms with van der Waals surface area (Å²) < 4.78 is 102. The van der Waals surface area contributed by atoms with Gasteiger partial charge >= 0.3 is 24.0 Å². The Kier molecular flexibility index (Phi) is 52.9. The van der Waals surface area contributed by atoms with Crippen molar-refractivity contribution in [1.29, 1.82) is 0 Å². The van der Waals surface area contributed by atoms with Gasteiger partial charge < -0.3 is 66.1 Å². The van der Waals surface area contributed by atoms with Gasteiger partial charge in [-0.25, -0.2) is 22.8 Å². The van der Waals surface area contributed by atoms with E-state index in [2.05, 4.69) is 129 Å². The summed E-state index contributed by atoms with van der Waals surface area (Å²) in [4.78, 5) is 77.4. The number of Topliss-reactive ketones (excluding diaryl/α,β-unsaturated/α-hetero) is 1. The summed E-state index contributed by atoms with van der Waals surface area (Å²) in [7, 11) is 0.477. The maximum atomic E-state index is 12.6. The number of benzene rings is 5. The van der Waals surface area contributed by atoms with E-state index in [0.717, 1.165) is 186 Å². The Bertz CT molecular complexity index is 4070. The number of esters is 3. The lowest BCUT2D eigenvalue weighted by Crippen LogP contribution is -2.42. The standard InChI is InChI=1S/C18H18N2O2.C18H35NO3.C18H15S.C14H25NO3.C12H27NO6.C12H21NO3.C10H16O4S/c1-18(2,3)22-17(21)20-15-12-8-7-11-14(15)19-16(20)13-9-5-4-6-10-13;1-2-3-4-5-6-7-8-9-10-11-18(20)22-17-14-19-12-15-21-16-13-19;1-4-10-16(11-5-1)19(17-12-6-2-7-13-17)18-14-8-3-9-15-18;1-2-14(6-3-4-7-14)18-13(16)5-8-15-9-11-17-12-10-15;1-14-10-17-7-4-13(5-8-18-11-15-2)6-9-19-12-16-3;14-12(11-3-1-2-4-11)16-10-7-13-5-8-15-9-6-13;1-9(2)7-3-4-10(9,8(11)5-7)6-15(12,13)14/h4-12H,1-3H3;2-17H2,1H3;1-15H;2-12H2,1H3;4-12H2,1-3H3;11H,1-10H2;7H,3-6H2,1-2H3,(H,12,13,14)/q;;+1;;;;/p-1. The van der Waals surface area contributed by atoms with Gasteiger partial charge in [-0.1, -0.05) is 189 Å². The zero-order chi connectivity index (χ0) is 94.3. The van der Waals surface area contributed by atoms with Crippen LogP contribution in [0.3, 0.4) is 0 Å². The van der Waals surface area contributed by atoms with Crippen molar-refractivity contribution in [3.8, 4) is 11.4 Å². The van der Waals surface area contributed by atoms with Crippen molar-refractivity contribution >= 4 is 61.8 Å². The number of aromatic nitrogens is 2. The van der Waals surface area contributed by atoms with Crippen LogP contribution in [0.5, 0.6) is 0 Å². The van der Waals surface area contributed by atoms with Crippen LogP contribution in [0, 0.1) is 22.7 Å². The van der Waals surface area contributed by atoms with Crippen molar-refractivity contribution in [2.45, 2.75) is 222 Å². The molecule has 1 aromatic heterocycles. The Morgan fingerprint density at radius 2 is 0.977 bits per heavy atom. The fourth-order valence-corrected chi connectivity index (χ4v) is 20.6. The molecule has 2 bridgehead atoms. The Morgan fingerprint density at radius 3 is 1.41 bits per heavy atom. The number of para-hydroxylation sites is 2. The van der Waals surface area contributed by atoms with Crippen molar-refractivity contribution in [3.63, 3.8) is 0 Å². The monoisotopic (exact) mass is 1870 g/mol. The molecule has 5 aromatic carbocycles. The second-order valence-electron chi connectivity index (χ2n) is 35.8. The van der Waals surface area contributed by atoms with Crippen LogP contribution in [0.15, 0.2) is 160 Å². The molecule has 13 rings (SSSR count). The van der Waals surface area contributed by atoms with E-state index in [4.69, 9.17) is 61.6 Å². The van der Waals surface area contributed by atoms with Crippen LogP contribution >= 0.6 is 0 Å². The number of unbranched alkanes of at least 4 members (excludes halogenated alkanes) is 8. The SMILES string of the molecule is CC(C)(C)OC(=O)n1c(-c2ccccc2)nc2ccccc21.CC1(C)C2CCC1(CS(=O)(=O)[O-])C(=O)C2.CCC1(OC(=O)CCN2CCOCC2)CCCC1.CCCCCCCCCCCC(=O)OCCN1CCOCC1.COCOCCN(CCOCOC)CCOCOC.O=C(OCCN1CCOCC1)C1CCCC1.c1ccc([S+](c2ccccc2)c2ccccc2)cc1. The van der Waals surface area contributed by atoms with Crippen molar-refractivity contribution in [2.75, 3.05) is 199 Å². The lowest BCUT2D eigenvalue weighted by atomic mass is 9.70. The number of rotatable bonds is 43. The number of morpholine rings is 3. The highest BCUT2D eigenvalue weighted by Gasteiger charge is 2.64. The van der Waals surface area contributed by atoms with Gasteiger partial charge in [0, 0.05) is 124 Å². The second-order valence-corrected chi connectivity index (χ2v) is 39.2. The lowest BCUT2D eigenvalue weighted by molar-refractivity contribution is -0.160. The third-order valence-corrected chi connectivity index (χ3v) is 27.9. The molecule has 4 heterocycles. The van der Waals surface area contributed by atoms with Gasteiger partial charge in [-0.15, -0.1) is 0 Å². The molecule has 732 valence electrons. The van der Waals surface area contributed by atoms with Crippen molar-refractivity contribution in [3.05, 3.63) is 146 Å². The summed E-state index contributed by atoms with van der Waals surface area (Å²) in [6.45, 7) is 33.0. The molecule has 4 aliphatic carbocycles. The molecular formula is C102H156N6O21S2. The van der Waals surface area contributed by atoms with E-state index >= 15 is 0 Å². The smallest absolute Gasteiger partial charge is 0.420 e. The molecule has 0 spiro atoms. The summed E-state index contributed by atoms with van der Waals surface area (Å²) in [6.07, 6.45) is 23.9. The second kappa shape index (κ2) is 62.5. The van der Waals surface area contributed by atoms with E-state index < -0.39 is 33.0 Å². The molecule has 0 radical (unpaired) electrons. The number of ether oxygens (including phenoxy) is 13. The molecule has 7 fully saturated rings. The molecule has 29 heteroatoms. The summed E-state index contributed by atoms with van der Waals surface area (Å²) in [5.41, 5.74) is 0.477. The van der Waals surface area contributed by atoms with Gasteiger partial charge in [0.05, 0.1) is 110 Å². The van der Waals surface area contributed by atoms with E-state index in [0.29, 0.717) is 84.9 Å². The Labute approximate surface area is 785 Å². The Hall–Kier alpha value is -7.14. The summed E-state index contributed by atoms with van der Waals surface area (Å²) >= 11 is 0. The highest BCUT2D eigenvalue weighted by molar-refractivity contribution is 7.97. The van der Waals surface area contributed by atoms with Crippen LogP contribution in [0.4, 0.5) is 4.79 Å². The lowest BCUT2D eigenvalue weighted by Gasteiger charge is -2.37. The van der Waals surface area contributed by atoms with Crippen LogP contribution in [-0.2, 0) is 102 Å². The predicted octanol–water partition coefficient (Wildman–Crippen LogP) is 17.2. The predicted molar refractivity (Wildman–Crippen MR) is 511 cm³/mol. The average molecular weight is 1870 g/mol. The van der Waals surface area contributed by atoms with Crippen LogP contribution < -0.4 is 0 Å². The molecular weight excluding hydrogens is 1710 g/mol. The Morgan fingerprint density at radius 1 is 0.534 bits per heavy atom. The fraction of sp³-hybridized carbons (Fsp3) is 0.647. The number of hydrogen-bond acceptors (Lipinski definition) is 26. The number of fused-ring (bicyclic) bond motifs is 3. The molecule has 6 aromatic rings. The minimum atomic E-state index is -4.33. The first-order valence-electron chi connectivity index (χ1n) is 47.9. The van der Waals surface area contributed by atoms with Gasteiger partial charge in [0.25, 0.3) is 0 Å². The summed E-state index contributed by atoms with van der Waals surface area (Å²) in [5.74, 6) is 0.463. The highest BCUT2D eigenvalue weighted by atomic mass is 32.2. The molecule has 0 N–H and O–H groups in total. The zero-order valence-electron chi connectivity index (χ0n) is 80.4. The third kappa shape index (κ3) is 41.5. The maximum Gasteiger partial charge on any atom is 0.420 e. The summed E-state index contributed by atoms with van der Waals surface area (Å²) in [5, 5.41) is 0. The van der Waals surface area contributed by atoms with E-state index in [-0.39, 0.29) is 57.4 Å². The van der Waals surface area contributed by atoms with Crippen LogP contribution in [-0.4, -0.2) is 282 Å². The molecule has 7 aliphatic rings. The minimum absolute atomic E-state index is 0.0146. The number of hydrogen-bond donors (Lipinski definition) is 0. The van der Waals surface area contributed by atoms with E-state index in [1.54, 1.807) is 21.3 Å².